The number of anilines is 1. The van der Waals surface area contributed by atoms with E-state index in [0.29, 0.717) is 12.5 Å². The van der Waals surface area contributed by atoms with E-state index >= 15 is 0 Å². The fourth-order valence-corrected chi connectivity index (χ4v) is 3.36. The third kappa shape index (κ3) is 3.30. The van der Waals surface area contributed by atoms with Crippen LogP contribution >= 0.6 is 11.3 Å². The Labute approximate surface area is 127 Å². The molecule has 3 rings (SSSR count). The highest BCUT2D eigenvalue weighted by atomic mass is 32.1. The maximum absolute atomic E-state index is 12.3. The minimum atomic E-state index is 0.0928. The Morgan fingerprint density at radius 2 is 2.48 bits per heavy atom. The summed E-state index contributed by atoms with van der Waals surface area (Å²) in [6, 6.07) is 2.03. The highest BCUT2D eigenvalue weighted by molar-refractivity contribution is 7.13. The number of carbonyl (C=O) groups excluding carboxylic acids is 1. The van der Waals surface area contributed by atoms with Gasteiger partial charge in [0.25, 0.3) is 0 Å². The number of carbonyl (C=O) groups is 1. The number of amides is 1. The zero-order chi connectivity index (χ0) is 14.7. The SMILES string of the molecule is CN(C(=O)CN1CCC[C@H](c2ccn[nH]2)C1)c1nccs1. The fraction of sp³-hybridized carbons (Fsp3) is 0.500. The third-order valence-corrected chi connectivity index (χ3v) is 4.75. The second-order valence-corrected chi connectivity index (χ2v) is 6.23. The quantitative estimate of drug-likeness (QED) is 0.934. The van der Waals surface area contributed by atoms with Crippen LogP contribution in [-0.2, 0) is 4.79 Å². The lowest BCUT2D eigenvalue weighted by Gasteiger charge is -2.32. The molecule has 1 amide bonds. The first-order chi connectivity index (χ1) is 10.2. The predicted octanol–water partition coefficient (Wildman–Crippen LogP) is 1.71. The van der Waals surface area contributed by atoms with Crippen molar-refractivity contribution in [3.05, 3.63) is 29.5 Å². The lowest BCUT2D eigenvalue weighted by atomic mass is 9.95. The number of aromatic amines is 1. The molecule has 0 unspecified atom stereocenters. The average molecular weight is 305 g/mol. The van der Waals surface area contributed by atoms with Crippen LogP contribution in [0.4, 0.5) is 5.13 Å². The molecule has 0 saturated carbocycles. The first-order valence-corrected chi connectivity index (χ1v) is 7.99. The van der Waals surface area contributed by atoms with Crippen LogP contribution in [0.3, 0.4) is 0 Å². The van der Waals surface area contributed by atoms with Gasteiger partial charge in [-0.25, -0.2) is 4.98 Å². The van der Waals surface area contributed by atoms with E-state index in [4.69, 9.17) is 0 Å². The van der Waals surface area contributed by atoms with Crippen LogP contribution in [0, 0.1) is 0 Å². The normalized spacial score (nSPS) is 19.6. The summed E-state index contributed by atoms with van der Waals surface area (Å²) in [5, 5.41) is 9.70. The Morgan fingerprint density at radius 1 is 1.57 bits per heavy atom. The molecule has 2 aromatic heterocycles. The number of likely N-dealkylation sites (N-methyl/N-ethyl adjacent to an activating group) is 1. The molecule has 3 heterocycles. The van der Waals surface area contributed by atoms with Gasteiger partial charge in [0.15, 0.2) is 5.13 Å². The van der Waals surface area contributed by atoms with Crippen LogP contribution in [0.15, 0.2) is 23.8 Å². The first-order valence-electron chi connectivity index (χ1n) is 7.11. The number of rotatable bonds is 4. The van der Waals surface area contributed by atoms with Gasteiger partial charge in [-0.2, -0.15) is 5.10 Å². The predicted molar refractivity (Wildman–Crippen MR) is 82.5 cm³/mol. The topological polar surface area (TPSA) is 65.1 Å². The standard InChI is InChI=1S/C14H19N5OS/c1-18(14-15-6-8-21-14)13(20)10-19-7-2-3-11(9-19)12-4-5-16-17-12/h4-6,8,11H,2-3,7,9-10H2,1H3,(H,16,17)/t11-/m0/s1. The van der Waals surface area contributed by atoms with E-state index in [0.717, 1.165) is 31.1 Å². The molecule has 0 spiro atoms. The average Bonchev–Trinajstić information content (AvgIpc) is 3.20. The van der Waals surface area contributed by atoms with Gasteiger partial charge in [0.05, 0.1) is 6.54 Å². The molecule has 21 heavy (non-hydrogen) atoms. The van der Waals surface area contributed by atoms with Crippen molar-refractivity contribution in [2.45, 2.75) is 18.8 Å². The maximum atomic E-state index is 12.3. The van der Waals surface area contributed by atoms with Gasteiger partial charge in [0.1, 0.15) is 0 Å². The van der Waals surface area contributed by atoms with E-state index in [9.17, 15) is 4.79 Å². The minimum absolute atomic E-state index is 0.0928. The molecule has 0 bridgehead atoms. The van der Waals surface area contributed by atoms with Crippen molar-refractivity contribution >= 4 is 22.4 Å². The number of thiazole rings is 1. The van der Waals surface area contributed by atoms with Gasteiger partial charge in [0, 0.05) is 43.0 Å². The van der Waals surface area contributed by atoms with Crippen molar-refractivity contribution in [1.82, 2.24) is 20.1 Å². The van der Waals surface area contributed by atoms with Crippen LogP contribution in [-0.4, -0.2) is 52.7 Å². The van der Waals surface area contributed by atoms with Gasteiger partial charge >= 0.3 is 0 Å². The molecule has 1 atom stereocenters. The summed E-state index contributed by atoms with van der Waals surface area (Å²) in [6.45, 7) is 2.32. The summed E-state index contributed by atoms with van der Waals surface area (Å²) in [6.07, 6.45) is 5.77. The maximum Gasteiger partial charge on any atom is 0.242 e. The molecular weight excluding hydrogens is 286 g/mol. The molecule has 1 aliphatic rings. The van der Waals surface area contributed by atoms with Gasteiger partial charge in [-0.15, -0.1) is 11.3 Å². The van der Waals surface area contributed by atoms with E-state index in [1.807, 2.05) is 11.4 Å². The molecule has 7 heteroatoms. The zero-order valence-corrected chi connectivity index (χ0v) is 12.8. The van der Waals surface area contributed by atoms with Crippen LogP contribution in [0.2, 0.25) is 0 Å². The van der Waals surface area contributed by atoms with Crippen molar-refractivity contribution in [1.29, 1.82) is 0 Å². The number of aromatic nitrogens is 3. The van der Waals surface area contributed by atoms with Crippen LogP contribution < -0.4 is 4.90 Å². The van der Waals surface area contributed by atoms with Crippen LogP contribution in [0.1, 0.15) is 24.5 Å². The summed E-state index contributed by atoms with van der Waals surface area (Å²) in [5.74, 6) is 0.537. The van der Waals surface area contributed by atoms with E-state index in [1.54, 1.807) is 24.3 Å². The van der Waals surface area contributed by atoms with E-state index in [1.165, 1.54) is 17.0 Å². The molecule has 0 aromatic carbocycles. The molecule has 112 valence electrons. The van der Waals surface area contributed by atoms with Crippen molar-refractivity contribution in [2.75, 3.05) is 31.6 Å². The third-order valence-electron chi connectivity index (χ3n) is 3.91. The molecule has 1 N–H and O–H groups in total. The number of hydrogen-bond acceptors (Lipinski definition) is 5. The molecule has 0 aliphatic carbocycles. The number of likely N-dealkylation sites (tertiary alicyclic amines) is 1. The number of piperidine rings is 1. The minimum Gasteiger partial charge on any atom is -0.294 e. The monoisotopic (exact) mass is 305 g/mol. The molecule has 1 fully saturated rings. The Bertz CT molecular complexity index is 568. The highest BCUT2D eigenvalue weighted by Gasteiger charge is 2.25. The molecule has 2 aromatic rings. The smallest absolute Gasteiger partial charge is 0.242 e. The fourth-order valence-electron chi connectivity index (χ4n) is 2.73. The van der Waals surface area contributed by atoms with Crippen LogP contribution in [0.5, 0.6) is 0 Å². The van der Waals surface area contributed by atoms with Crippen molar-refractivity contribution in [3.8, 4) is 0 Å². The molecule has 1 saturated heterocycles. The largest absolute Gasteiger partial charge is 0.294 e. The second-order valence-electron chi connectivity index (χ2n) is 5.35. The Morgan fingerprint density at radius 3 is 3.19 bits per heavy atom. The molecule has 1 aliphatic heterocycles. The Balaban J connectivity index is 1.58. The summed E-state index contributed by atoms with van der Waals surface area (Å²) < 4.78 is 0. The van der Waals surface area contributed by atoms with Crippen molar-refractivity contribution < 1.29 is 4.79 Å². The van der Waals surface area contributed by atoms with Gasteiger partial charge in [-0.3, -0.25) is 19.7 Å². The summed E-state index contributed by atoms with van der Waals surface area (Å²) in [5.41, 5.74) is 1.17. The molecule has 6 nitrogen and oxygen atoms in total. The molecule has 0 radical (unpaired) electrons. The Hall–Kier alpha value is -1.73. The number of nitrogens with zero attached hydrogens (tertiary/aromatic N) is 4. The lowest BCUT2D eigenvalue weighted by Crippen LogP contribution is -2.42. The second kappa shape index (κ2) is 6.36. The van der Waals surface area contributed by atoms with Gasteiger partial charge < -0.3 is 0 Å². The van der Waals surface area contributed by atoms with Gasteiger partial charge in [-0.1, -0.05) is 0 Å². The zero-order valence-electron chi connectivity index (χ0n) is 12.0. The summed E-state index contributed by atoms with van der Waals surface area (Å²) in [4.78, 5) is 20.4. The number of hydrogen-bond donors (Lipinski definition) is 1. The first kappa shape index (κ1) is 14.2. The van der Waals surface area contributed by atoms with Gasteiger partial charge in [0.2, 0.25) is 5.91 Å². The summed E-state index contributed by atoms with van der Waals surface area (Å²) in [7, 11) is 1.79. The highest BCUT2D eigenvalue weighted by Crippen LogP contribution is 2.25. The van der Waals surface area contributed by atoms with Gasteiger partial charge in [-0.05, 0) is 25.5 Å². The van der Waals surface area contributed by atoms with Crippen LogP contribution in [0.25, 0.3) is 0 Å². The van der Waals surface area contributed by atoms with E-state index < -0.39 is 0 Å². The van der Waals surface area contributed by atoms with E-state index in [-0.39, 0.29) is 5.91 Å². The lowest BCUT2D eigenvalue weighted by molar-refractivity contribution is -0.119. The van der Waals surface area contributed by atoms with Crippen molar-refractivity contribution in [2.24, 2.45) is 0 Å². The van der Waals surface area contributed by atoms with Crippen molar-refractivity contribution in [3.63, 3.8) is 0 Å². The number of H-pyrrole nitrogens is 1. The number of nitrogens with one attached hydrogen (secondary N) is 1. The Kier molecular flexibility index (Phi) is 4.31. The molecular formula is C14H19N5OS. The summed E-state index contributed by atoms with van der Waals surface area (Å²) >= 11 is 1.48. The van der Waals surface area contributed by atoms with E-state index in [2.05, 4.69) is 20.1 Å².